The lowest BCUT2D eigenvalue weighted by atomic mass is 10.0. The number of carbonyl (C=O) groups excluding carboxylic acids is 1. The molecular formula is C18H19BrN2O6S. The number of nitro benzene ring substituents is 1. The first-order valence-electron chi connectivity index (χ1n) is 8.31. The molecule has 0 spiro atoms. The summed E-state index contributed by atoms with van der Waals surface area (Å²) in [5.74, 6) is -0.673. The van der Waals surface area contributed by atoms with E-state index in [1.165, 1.54) is 30.3 Å². The molecule has 0 heterocycles. The number of hydrogen-bond donors (Lipinski definition) is 1. The first-order valence-corrected chi connectivity index (χ1v) is 10.6. The Morgan fingerprint density at radius 1 is 1.18 bits per heavy atom. The fraction of sp³-hybridized carbons (Fsp3) is 0.278. The normalized spacial score (nSPS) is 12.6. The molecule has 0 aliphatic rings. The Kier molecular flexibility index (Phi) is 7.28. The molecule has 1 atom stereocenters. The maximum Gasteiger partial charge on any atom is 0.308 e. The van der Waals surface area contributed by atoms with Crippen molar-refractivity contribution < 1.29 is 22.9 Å². The van der Waals surface area contributed by atoms with Crippen LogP contribution < -0.4 is 4.72 Å². The van der Waals surface area contributed by atoms with Crippen LogP contribution in [0.1, 0.15) is 31.9 Å². The van der Waals surface area contributed by atoms with Crippen molar-refractivity contribution in [3.05, 3.63) is 68.7 Å². The molecule has 0 bridgehead atoms. The van der Waals surface area contributed by atoms with Crippen molar-refractivity contribution in [2.24, 2.45) is 0 Å². The molecule has 0 aliphatic carbocycles. The first-order chi connectivity index (χ1) is 13.1. The molecule has 0 radical (unpaired) electrons. The highest BCUT2D eigenvalue weighted by atomic mass is 79.9. The van der Waals surface area contributed by atoms with Gasteiger partial charge in [0, 0.05) is 16.1 Å². The Balaban J connectivity index is 2.46. The molecule has 1 unspecified atom stereocenters. The van der Waals surface area contributed by atoms with Gasteiger partial charge in [0.05, 0.1) is 28.4 Å². The minimum absolute atomic E-state index is 0.0455. The van der Waals surface area contributed by atoms with Gasteiger partial charge < -0.3 is 4.74 Å². The number of halogens is 1. The lowest BCUT2D eigenvalue weighted by Gasteiger charge is -2.20. The maximum absolute atomic E-state index is 12.9. The zero-order valence-corrected chi connectivity index (χ0v) is 17.6. The van der Waals surface area contributed by atoms with E-state index in [0.29, 0.717) is 4.47 Å². The van der Waals surface area contributed by atoms with Gasteiger partial charge in [-0.05, 0) is 41.9 Å². The molecule has 150 valence electrons. The summed E-state index contributed by atoms with van der Waals surface area (Å²) in [5.41, 5.74) is -0.219. The van der Waals surface area contributed by atoms with E-state index in [4.69, 9.17) is 4.74 Å². The summed E-state index contributed by atoms with van der Waals surface area (Å²) in [7, 11) is -4.08. The number of hydrogen-bond acceptors (Lipinski definition) is 6. The van der Waals surface area contributed by atoms with Gasteiger partial charge in [-0.15, -0.1) is 0 Å². The third kappa shape index (κ3) is 5.60. The molecule has 0 aromatic heterocycles. The van der Waals surface area contributed by atoms with E-state index in [0.717, 1.165) is 0 Å². The minimum Gasteiger partial charge on any atom is -0.463 e. The quantitative estimate of drug-likeness (QED) is 0.357. The highest BCUT2D eigenvalue weighted by Gasteiger charge is 2.30. The van der Waals surface area contributed by atoms with E-state index >= 15 is 0 Å². The smallest absolute Gasteiger partial charge is 0.308 e. The summed E-state index contributed by atoms with van der Waals surface area (Å²) in [6, 6.07) is 10.6. The van der Waals surface area contributed by atoms with Gasteiger partial charge in [-0.25, -0.2) is 13.1 Å². The number of nitrogens with one attached hydrogen (secondary N) is 1. The standard InChI is InChI=1S/C18H19BrN2O6S/c1-12(2)27-18(22)11-15(13-7-3-5-9-16(13)21(23)24)20-28(25,26)17-10-6-4-8-14(17)19/h3-10,12,15,20H,11H2,1-2H3. The molecule has 28 heavy (non-hydrogen) atoms. The Morgan fingerprint density at radius 3 is 2.39 bits per heavy atom. The second kappa shape index (κ2) is 9.26. The molecule has 10 heteroatoms. The third-order valence-corrected chi connectivity index (χ3v) is 6.15. The van der Waals surface area contributed by atoms with Crippen LogP contribution in [0.4, 0.5) is 5.69 Å². The maximum atomic E-state index is 12.9. The molecule has 0 amide bonds. The van der Waals surface area contributed by atoms with Gasteiger partial charge in [-0.1, -0.05) is 30.3 Å². The third-order valence-electron chi connectivity index (χ3n) is 3.67. The highest BCUT2D eigenvalue weighted by molar-refractivity contribution is 9.10. The predicted octanol–water partition coefficient (Wildman–Crippen LogP) is 3.72. The van der Waals surface area contributed by atoms with Crippen LogP contribution in [-0.2, 0) is 19.6 Å². The van der Waals surface area contributed by atoms with Crippen LogP contribution >= 0.6 is 15.9 Å². The van der Waals surface area contributed by atoms with Crippen LogP contribution in [0, 0.1) is 10.1 Å². The zero-order valence-electron chi connectivity index (χ0n) is 15.2. The molecule has 8 nitrogen and oxygen atoms in total. The molecular weight excluding hydrogens is 452 g/mol. The number of sulfonamides is 1. The summed E-state index contributed by atoms with van der Waals surface area (Å²) in [6.07, 6.45) is -0.800. The highest BCUT2D eigenvalue weighted by Crippen LogP contribution is 2.30. The van der Waals surface area contributed by atoms with Crippen molar-refractivity contribution in [1.82, 2.24) is 4.72 Å². The second-order valence-corrected chi connectivity index (χ2v) is 8.70. The van der Waals surface area contributed by atoms with E-state index in [-0.39, 0.29) is 16.1 Å². The van der Waals surface area contributed by atoms with Crippen molar-refractivity contribution in [3.8, 4) is 0 Å². The lowest BCUT2D eigenvalue weighted by molar-refractivity contribution is -0.385. The molecule has 2 aromatic carbocycles. The van der Waals surface area contributed by atoms with E-state index in [2.05, 4.69) is 20.7 Å². The molecule has 0 saturated carbocycles. The number of nitrogens with zero attached hydrogens (tertiary/aromatic N) is 1. The van der Waals surface area contributed by atoms with Gasteiger partial charge in [0.15, 0.2) is 0 Å². The summed E-state index contributed by atoms with van der Waals surface area (Å²) in [5, 5.41) is 11.4. The molecule has 2 rings (SSSR count). The predicted molar refractivity (Wildman–Crippen MR) is 106 cm³/mol. The van der Waals surface area contributed by atoms with Gasteiger partial charge in [0.1, 0.15) is 0 Å². The second-order valence-electron chi connectivity index (χ2n) is 6.16. The number of carbonyl (C=O) groups is 1. The van der Waals surface area contributed by atoms with Crippen LogP contribution in [0.15, 0.2) is 57.9 Å². The van der Waals surface area contributed by atoms with E-state index in [1.807, 2.05) is 0 Å². The summed E-state index contributed by atoms with van der Waals surface area (Å²) in [6.45, 7) is 3.31. The Bertz CT molecular complexity index is 978. The SMILES string of the molecule is CC(C)OC(=O)CC(NS(=O)(=O)c1ccccc1Br)c1ccccc1[N+](=O)[O-]. The number of nitro groups is 1. The zero-order chi connectivity index (χ0) is 20.9. The van der Waals surface area contributed by atoms with Gasteiger partial charge in [-0.2, -0.15) is 0 Å². The number of esters is 1. The fourth-order valence-electron chi connectivity index (χ4n) is 2.55. The Morgan fingerprint density at radius 2 is 1.79 bits per heavy atom. The van der Waals surface area contributed by atoms with Crippen molar-refractivity contribution in [2.45, 2.75) is 37.3 Å². The van der Waals surface area contributed by atoms with E-state index in [1.54, 1.807) is 32.0 Å². The number of benzene rings is 2. The number of ether oxygens (including phenoxy) is 1. The first kappa shape index (κ1) is 22.0. The summed E-state index contributed by atoms with van der Waals surface area (Å²) >= 11 is 3.18. The lowest BCUT2D eigenvalue weighted by Crippen LogP contribution is -2.31. The average molecular weight is 471 g/mol. The summed E-state index contributed by atoms with van der Waals surface area (Å²) < 4.78 is 33.5. The van der Waals surface area contributed by atoms with Gasteiger partial charge in [0.2, 0.25) is 10.0 Å². The van der Waals surface area contributed by atoms with Crippen LogP contribution in [0.3, 0.4) is 0 Å². The molecule has 0 saturated heterocycles. The van der Waals surface area contributed by atoms with Gasteiger partial charge in [0.25, 0.3) is 5.69 Å². The molecule has 0 aliphatic heterocycles. The van der Waals surface area contributed by atoms with Crippen LogP contribution in [-0.4, -0.2) is 25.4 Å². The Hall–Kier alpha value is -2.30. The summed E-state index contributed by atoms with van der Waals surface area (Å²) in [4.78, 5) is 22.9. The molecule has 0 fully saturated rings. The van der Waals surface area contributed by atoms with Crippen molar-refractivity contribution in [3.63, 3.8) is 0 Å². The Labute approximate surface area is 171 Å². The largest absolute Gasteiger partial charge is 0.463 e. The monoisotopic (exact) mass is 470 g/mol. The van der Waals surface area contributed by atoms with Gasteiger partial charge >= 0.3 is 5.97 Å². The van der Waals surface area contributed by atoms with Crippen molar-refractivity contribution in [2.75, 3.05) is 0 Å². The van der Waals surface area contributed by atoms with Crippen LogP contribution in [0.2, 0.25) is 0 Å². The average Bonchev–Trinajstić information content (AvgIpc) is 2.60. The van der Waals surface area contributed by atoms with Crippen LogP contribution in [0.25, 0.3) is 0 Å². The van der Waals surface area contributed by atoms with E-state index < -0.39 is 39.5 Å². The number of rotatable bonds is 8. The molecule has 2 aromatic rings. The topological polar surface area (TPSA) is 116 Å². The van der Waals surface area contributed by atoms with Gasteiger partial charge in [-0.3, -0.25) is 14.9 Å². The minimum atomic E-state index is -4.08. The van der Waals surface area contributed by atoms with E-state index in [9.17, 15) is 23.3 Å². The van der Waals surface area contributed by atoms with Crippen LogP contribution in [0.5, 0.6) is 0 Å². The molecule has 1 N–H and O–H groups in total. The number of para-hydroxylation sites is 1. The van der Waals surface area contributed by atoms with Crippen molar-refractivity contribution in [1.29, 1.82) is 0 Å². The fourth-order valence-corrected chi connectivity index (χ4v) is 4.77. The van der Waals surface area contributed by atoms with Crippen molar-refractivity contribution >= 4 is 37.6 Å².